The second-order valence-electron chi connectivity index (χ2n) is 4.42. The lowest BCUT2D eigenvalue weighted by Crippen LogP contribution is -2.52. The first-order valence-electron chi connectivity index (χ1n) is 5.80. The van der Waals surface area contributed by atoms with Crippen LogP contribution >= 0.6 is 11.8 Å². The maximum atomic E-state index is 8.51. The minimum absolute atomic E-state index is 0.310. The number of piperazine rings is 1. The topological polar surface area (TPSA) is 65.1 Å². The van der Waals surface area contributed by atoms with E-state index in [2.05, 4.69) is 26.7 Å². The molecule has 2 heterocycles. The average molecular weight is 244 g/mol. The molecule has 2 saturated heterocycles. The molecule has 0 saturated carbocycles. The Morgan fingerprint density at radius 2 is 2.12 bits per heavy atom. The molecule has 0 aliphatic carbocycles. The molecule has 6 heteroatoms. The highest BCUT2D eigenvalue weighted by atomic mass is 32.2. The molecule has 0 aromatic carbocycles. The van der Waals surface area contributed by atoms with Crippen LogP contribution in [-0.2, 0) is 0 Å². The smallest absolute Gasteiger partial charge is 0.153 e. The zero-order valence-corrected chi connectivity index (χ0v) is 10.3. The van der Waals surface area contributed by atoms with Gasteiger partial charge in [-0.2, -0.15) is 11.8 Å². The lowest BCUT2D eigenvalue weighted by Gasteiger charge is -2.37. The molecule has 2 aliphatic rings. The first kappa shape index (κ1) is 12.0. The van der Waals surface area contributed by atoms with Crippen LogP contribution in [-0.4, -0.2) is 71.1 Å². The summed E-state index contributed by atoms with van der Waals surface area (Å²) in [5.41, 5.74) is 5.50. The van der Waals surface area contributed by atoms with Crippen molar-refractivity contribution in [2.75, 3.05) is 44.2 Å². The number of oxime groups is 1. The predicted molar refractivity (Wildman–Crippen MR) is 67.2 cm³/mol. The molecule has 5 nitrogen and oxygen atoms in total. The molecular formula is C10H20N4OS. The molecule has 2 rings (SSSR count). The summed E-state index contributed by atoms with van der Waals surface area (Å²) in [5, 5.41) is 11.5. The highest BCUT2D eigenvalue weighted by Crippen LogP contribution is 2.23. The van der Waals surface area contributed by atoms with Crippen LogP contribution in [0.3, 0.4) is 0 Å². The summed E-state index contributed by atoms with van der Waals surface area (Å²) in [6.45, 7) is 4.87. The monoisotopic (exact) mass is 244 g/mol. The van der Waals surface area contributed by atoms with Crippen molar-refractivity contribution in [1.82, 2.24) is 9.80 Å². The van der Waals surface area contributed by atoms with Gasteiger partial charge in [-0.05, 0) is 12.2 Å². The minimum atomic E-state index is 0.310. The third-order valence-electron chi connectivity index (χ3n) is 3.34. The van der Waals surface area contributed by atoms with Crippen LogP contribution in [0, 0.1) is 0 Å². The van der Waals surface area contributed by atoms with E-state index in [1.807, 2.05) is 0 Å². The Hall–Kier alpha value is -0.460. The molecule has 2 fully saturated rings. The van der Waals surface area contributed by atoms with Gasteiger partial charge in [0.2, 0.25) is 0 Å². The quantitative estimate of drug-likeness (QED) is 0.313. The number of nitrogens with zero attached hydrogens (tertiary/aromatic N) is 3. The lowest BCUT2D eigenvalue weighted by atomic mass is 10.2. The predicted octanol–water partition coefficient (Wildman–Crippen LogP) is -0.144. The molecule has 16 heavy (non-hydrogen) atoms. The van der Waals surface area contributed by atoms with Crippen molar-refractivity contribution in [3.05, 3.63) is 0 Å². The fourth-order valence-electron chi connectivity index (χ4n) is 2.36. The maximum absolute atomic E-state index is 8.51. The van der Waals surface area contributed by atoms with Gasteiger partial charge in [0, 0.05) is 38.0 Å². The van der Waals surface area contributed by atoms with Crippen molar-refractivity contribution in [1.29, 1.82) is 0 Å². The van der Waals surface area contributed by atoms with Gasteiger partial charge in [0.15, 0.2) is 5.84 Å². The summed E-state index contributed by atoms with van der Waals surface area (Å²) < 4.78 is 0. The van der Waals surface area contributed by atoms with Crippen molar-refractivity contribution >= 4 is 17.6 Å². The summed E-state index contributed by atoms with van der Waals surface area (Å²) in [7, 11) is 0. The molecule has 1 atom stereocenters. The van der Waals surface area contributed by atoms with Gasteiger partial charge in [-0.1, -0.05) is 5.16 Å². The van der Waals surface area contributed by atoms with Gasteiger partial charge < -0.3 is 10.9 Å². The fourth-order valence-corrected chi connectivity index (χ4v) is 3.61. The third-order valence-corrected chi connectivity index (χ3v) is 4.49. The molecule has 3 N–H and O–H groups in total. The van der Waals surface area contributed by atoms with E-state index in [9.17, 15) is 0 Å². The van der Waals surface area contributed by atoms with Crippen LogP contribution in [0.1, 0.15) is 6.42 Å². The highest BCUT2D eigenvalue weighted by Gasteiger charge is 2.26. The van der Waals surface area contributed by atoms with E-state index < -0.39 is 0 Å². The van der Waals surface area contributed by atoms with Gasteiger partial charge in [-0.15, -0.1) is 0 Å². The summed E-state index contributed by atoms with van der Waals surface area (Å²) in [6, 6.07) is 0.788. The van der Waals surface area contributed by atoms with Crippen LogP contribution < -0.4 is 5.73 Å². The molecule has 0 unspecified atom stereocenters. The van der Waals surface area contributed by atoms with E-state index in [4.69, 9.17) is 10.9 Å². The Morgan fingerprint density at radius 3 is 2.69 bits per heavy atom. The van der Waals surface area contributed by atoms with Crippen molar-refractivity contribution < 1.29 is 5.21 Å². The average Bonchev–Trinajstić information content (AvgIpc) is 2.83. The summed E-state index contributed by atoms with van der Waals surface area (Å²) in [4.78, 5) is 4.83. The van der Waals surface area contributed by atoms with Crippen molar-refractivity contribution in [2.45, 2.75) is 12.5 Å². The molecule has 0 radical (unpaired) electrons. The molecule has 2 aliphatic heterocycles. The van der Waals surface area contributed by atoms with Crippen molar-refractivity contribution in [3.63, 3.8) is 0 Å². The van der Waals surface area contributed by atoms with Crippen LogP contribution in [0.4, 0.5) is 0 Å². The van der Waals surface area contributed by atoms with Gasteiger partial charge in [0.1, 0.15) is 0 Å². The first-order valence-corrected chi connectivity index (χ1v) is 6.95. The minimum Gasteiger partial charge on any atom is -0.409 e. The number of amidine groups is 1. The normalized spacial score (nSPS) is 29.8. The molecule has 0 aromatic heterocycles. The second-order valence-corrected chi connectivity index (χ2v) is 5.57. The van der Waals surface area contributed by atoms with E-state index in [1.165, 1.54) is 17.9 Å². The molecule has 0 bridgehead atoms. The van der Waals surface area contributed by atoms with E-state index in [0.717, 1.165) is 32.2 Å². The summed E-state index contributed by atoms with van der Waals surface area (Å²) in [5.74, 6) is 2.92. The molecular weight excluding hydrogens is 224 g/mol. The number of thioether (sulfide) groups is 1. The fraction of sp³-hybridized carbons (Fsp3) is 0.900. The van der Waals surface area contributed by atoms with Gasteiger partial charge >= 0.3 is 0 Å². The van der Waals surface area contributed by atoms with E-state index >= 15 is 0 Å². The van der Waals surface area contributed by atoms with E-state index in [0.29, 0.717) is 12.4 Å². The molecule has 0 amide bonds. The summed E-state index contributed by atoms with van der Waals surface area (Å²) >= 11 is 2.06. The summed E-state index contributed by atoms with van der Waals surface area (Å²) in [6.07, 6.45) is 1.34. The number of rotatable bonds is 3. The van der Waals surface area contributed by atoms with Gasteiger partial charge in [0.05, 0.1) is 6.54 Å². The van der Waals surface area contributed by atoms with Gasteiger partial charge in [0.25, 0.3) is 0 Å². The molecule has 0 aromatic rings. The standard InChI is InChI=1S/C10H20N4OS/c11-10(12-15)7-13-2-4-14(5-3-13)9-1-6-16-8-9/h9,15H,1-8H2,(H2,11,12)/t9-/m0/s1. The highest BCUT2D eigenvalue weighted by molar-refractivity contribution is 7.99. The van der Waals surface area contributed by atoms with Crippen LogP contribution in [0.25, 0.3) is 0 Å². The zero-order chi connectivity index (χ0) is 11.4. The van der Waals surface area contributed by atoms with Crippen molar-refractivity contribution in [2.24, 2.45) is 10.9 Å². The molecule has 0 spiro atoms. The van der Waals surface area contributed by atoms with Crippen LogP contribution in [0.5, 0.6) is 0 Å². The SMILES string of the molecule is NC(CN1CCN([C@H]2CCSC2)CC1)=NO. The van der Waals surface area contributed by atoms with Gasteiger partial charge in [-0.25, -0.2) is 0 Å². The Balaban J connectivity index is 1.73. The zero-order valence-electron chi connectivity index (χ0n) is 9.51. The number of hydrogen-bond acceptors (Lipinski definition) is 5. The van der Waals surface area contributed by atoms with Gasteiger partial charge in [-0.3, -0.25) is 9.80 Å². The Bertz CT molecular complexity index is 247. The Kier molecular flexibility index (Phi) is 4.31. The van der Waals surface area contributed by atoms with Crippen LogP contribution in [0.2, 0.25) is 0 Å². The first-order chi connectivity index (χ1) is 7.79. The van der Waals surface area contributed by atoms with Crippen molar-refractivity contribution in [3.8, 4) is 0 Å². The largest absolute Gasteiger partial charge is 0.409 e. The molecule has 92 valence electrons. The van der Waals surface area contributed by atoms with E-state index in [-0.39, 0.29) is 0 Å². The lowest BCUT2D eigenvalue weighted by molar-refractivity contribution is 0.114. The number of nitrogens with two attached hydrogens (primary N) is 1. The Labute approximate surface area is 101 Å². The van der Waals surface area contributed by atoms with Crippen LogP contribution in [0.15, 0.2) is 5.16 Å². The Morgan fingerprint density at radius 1 is 1.38 bits per heavy atom. The third kappa shape index (κ3) is 3.02. The second kappa shape index (κ2) is 5.75. The number of hydrogen-bond donors (Lipinski definition) is 2. The van der Waals surface area contributed by atoms with E-state index in [1.54, 1.807) is 0 Å². The maximum Gasteiger partial charge on any atom is 0.153 e.